The highest BCUT2D eigenvalue weighted by molar-refractivity contribution is 6.01. The summed E-state index contributed by atoms with van der Waals surface area (Å²) in [5, 5.41) is 6.29. The van der Waals surface area contributed by atoms with Crippen molar-refractivity contribution in [1.82, 2.24) is 24.8 Å². The number of nitrogens with one attached hydrogen (secondary N) is 2. The lowest BCUT2D eigenvalue weighted by molar-refractivity contribution is -0.151. The Morgan fingerprint density at radius 1 is 1.21 bits per heavy atom. The minimum absolute atomic E-state index is 0.0674. The van der Waals surface area contributed by atoms with Crippen molar-refractivity contribution in [3.8, 4) is 0 Å². The normalized spacial score (nSPS) is 15.4. The number of fused-ring (bicyclic) bond motifs is 1. The van der Waals surface area contributed by atoms with Gasteiger partial charge in [-0.05, 0) is 33.6 Å². The topological polar surface area (TPSA) is 126 Å². The van der Waals surface area contributed by atoms with E-state index in [1.54, 1.807) is 25.7 Å². The number of Topliss-reactive ketones (excluding diaryl/α,β-unsaturated/α-hetero) is 1. The Bertz CT molecular complexity index is 1140. The van der Waals surface area contributed by atoms with Gasteiger partial charge >= 0.3 is 12.3 Å². The fraction of sp³-hybridized carbons (Fsp3) is 0.571. The maximum Gasteiger partial charge on any atom is 0.410 e. The number of carbonyl (C=O) groups excluding carboxylic acids is 3. The molecule has 2 aromatic rings. The molecule has 3 rings (SSSR count). The van der Waals surface area contributed by atoms with Gasteiger partial charge in [0.25, 0.3) is 11.5 Å². The lowest BCUT2D eigenvalue weighted by atomic mass is 9.93. The molecule has 2 N–H and O–H groups in total. The number of likely N-dealkylation sites (tertiary alicyclic amines) is 1. The number of amides is 2. The Morgan fingerprint density at radius 2 is 1.85 bits per heavy atom. The Kier molecular flexibility index (Phi) is 7.03. The first kappa shape index (κ1) is 25.2. The monoisotopic (exact) mass is 485 g/mol. The molecule has 1 aliphatic rings. The second-order valence-electron chi connectivity index (χ2n) is 9.13. The van der Waals surface area contributed by atoms with Crippen molar-refractivity contribution in [2.45, 2.75) is 57.7 Å². The van der Waals surface area contributed by atoms with E-state index in [2.05, 4.69) is 15.4 Å². The van der Waals surface area contributed by atoms with E-state index in [4.69, 9.17) is 4.74 Å². The first-order chi connectivity index (χ1) is 15.7. The van der Waals surface area contributed by atoms with Crippen molar-refractivity contribution in [1.29, 1.82) is 0 Å². The Hall–Kier alpha value is -3.38. The van der Waals surface area contributed by atoms with Gasteiger partial charge in [-0.3, -0.25) is 14.4 Å². The second kappa shape index (κ2) is 9.47. The van der Waals surface area contributed by atoms with E-state index in [1.165, 1.54) is 16.8 Å². The van der Waals surface area contributed by atoms with E-state index in [9.17, 15) is 32.3 Å². The third-order valence-corrected chi connectivity index (χ3v) is 5.19. The lowest BCUT2D eigenvalue weighted by Crippen LogP contribution is -2.41. The summed E-state index contributed by atoms with van der Waals surface area (Å²) < 4.78 is 43.7. The number of aromatic amines is 1. The van der Waals surface area contributed by atoms with Gasteiger partial charge < -0.3 is 19.9 Å². The Morgan fingerprint density at radius 3 is 2.44 bits per heavy atom. The number of aromatic nitrogens is 3. The molecule has 0 aromatic carbocycles. The summed E-state index contributed by atoms with van der Waals surface area (Å²) in [5.41, 5.74) is -0.576. The number of alkyl halides is 3. The molecule has 34 heavy (non-hydrogen) atoms. The molecular weight excluding hydrogens is 459 g/mol. The Balaban J connectivity index is 1.73. The standard InChI is InChI=1S/C21H26F3N5O5/c1-20(2,3)34-19(33)28-6-4-12(5-7-28)15-8-16(31)27-17-14(11-26-29(15)17)18(32)25-10-13(30)9-21(22,23)24/h8,11-12H,4-7,9-10H2,1-3H3,(H,25,32)(H,27,31). The van der Waals surface area contributed by atoms with Crippen LogP contribution in [0.15, 0.2) is 17.1 Å². The largest absolute Gasteiger partial charge is 0.444 e. The average Bonchev–Trinajstić information content (AvgIpc) is 3.13. The van der Waals surface area contributed by atoms with Crippen LogP contribution in [-0.2, 0) is 9.53 Å². The lowest BCUT2D eigenvalue weighted by Gasteiger charge is -2.33. The van der Waals surface area contributed by atoms with Crippen LogP contribution in [0.1, 0.15) is 62.0 Å². The van der Waals surface area contributed by atoms with Crippen molar-refractivity contribution in [2.75, 3.05) is 19.6 Å². The van der Waals surface area contributed by atoms with E-state index >= 15 is 0 Å². The van der Waals surface area contributed by atoms with Crippen molar-refractivity contribution < 1.29 is 32.3 Å². The van der Waals surface area contributed by atoms with Crippen molar-refractivity contribution >= 4 is 23.4 Å². The minimum Gasteiger partial charge on any atom is -0.444 e. The number of hydrogen-bond donors (Lipinski definition) is 2. The van der Waals surface area contributed by atoms with Gasteiger partial charge in [0.2, 0.25) is 0 Å². The van der Waals surface area contributed by atoms with E-state index in [-0.39, 0.29) is 17.1 Å². The van der Waals surface area contributed by atoms with Crippen LogP contribution in [-0.4, -0.2) is 68.7 Å². The van der Waals surface area contributed by atoms with Crippen LogP contribution >= 0.6 is 0 Å². The number of ether oxygens (including phenoxy) is 1. The van der Waals surface area contributed by atoms with Gasteiger partial charge in [-0.25, -0.2) is 9.31 Å². The molecule has 10 nitrogen and oxygen atoms in total. The molecule has 1 fully saturated rings. The van der Waals surface area contributed by atoms with Gasteiger partial charge in [0.1, 0.15) is 23.2 Å². The van der Waals surface area contributed by atoms with Crippen LogP contribution in [0.2, 0.25) is 0 Å². The number of rotatable bonds is 5. The van der Waals surface area contributed by atoms with Crippen molar-refractivity contribution in [2.24, 2.45) is 0 Å². The number of nitrogens with zero attached hydrogens (tertiary/aromatic N) is 3. The van der Waals surface area contributed by atoms with Crippen molar-refractivity contribution in [3.05, 3.63) is 33.9 Å². The third-order valence-electron chi connectivity index (χ3n) is 5.19. The van der Waals surface area contributed by atoms with Crippen LogP contribution in [0.25, 0.3) is 5.65 Å². The molecule has 3 heterocycles. The third kappa shape index (κ3) is 6.35. The van der Waals surface area contributed by atoms with Crippen LogP contribution in [0, 0.1) is 0 Å². The number of hydrogen-bond acceptors (Lipinski definition) is 6. The van der Waals surface area contributed by atoms with E-state index in [0.717, 1.165) is 0 Å². The summed E-state index contributed by atoms with van der Waals surface area (Å²) in [5.74, 6) is -2.16. The average molecular weight is 485 g/mol. The molecule has 0 saturated carbocycles. The highest BCUT2D eigenvalue weighted by Crippen LogP contribution is 2.28. The van der Waals surface area contributed by atoms with Crippen LogP contribution in [0.3, 0.4) is 0 Å². The van der Waals surface area contributed by atoms with Gasteiger partial charge in [-0.1, -0.05) is 0 Å². The predicted octanol–water partition coefficient (Wildman–Crippen LogP) is 2.39. The molecule has 2 amide bonds. The fourth-order valence-corrected chi connectivity index (χ4v) is 3.71. The number of ketones is 1. The molecule has 0 atom stereocenters. The van der Waals surface area contributed by atoms with Crippen LogP contribution in [0.4, 0.5) is 18.0 Å². The summed E-state index contributed by atoms with van der Waals surface area (Å²) >= 11 is 0. The highest BCUT2D eigenvalue weighted by Gasteiger charge is 2.32. The molecule has 0 radical (unpaired) electrons. The van der Waals surface area contributed by atoms with Crippen molar-refractivity contribution in [3.63, 3.8) is 0 Å². The maximum absolute atomic E-state index is 12.4. The molecule has 0 bridgehead atoms. The molecule has 0 spiro atoms. The highest BCUT2D eigenvalue weighted by atomic mass is 19.4. The number of carbonyl (C=O) groups is 3. The Labute approximate surface area is 192 Å². The maximum atomic E-state index is 12.4. The summed E-state index contributed by atoms with van der Waals surface area (Å²) in [6.45, 7) is 5.35. The summed E-state index contributed by atoms with van der Waals surface area (Å²) in [6, 6.07) is 1.36. The molecule has 2 aromatic heterocycles. The molecule has 13 heteroatoms. The summed E-state index contributed by atoms with van der Waals surface area (Å²) in [6.07, 6.45) is -4.49. The van der Waals surface area contributed by atoms with Gasteiger partial charge in [0.15, 0.2) is 5.78 Å². The van der Waals surface area contributed by atoms with E-state index < -0.39 is 48.1 Å². The van der Waals surface area contributed by atoms with E-state index in [0.29, 0.717) is 31.6 Å². The van der Waals surface area contributed by atoms with Gasteiger partial charge in [0, 0.05) is 25.1 Å². The molecule has 1 aliphatic heterocycles. The number of halogens is 3. The summed E-state index contributed by atoms with van der Waals surface area (Å²) in [4.78, 5) is 52.5. The quantitative estimate of drug-likeness (QED) is 0.670. The van der Waals surface area contributed by atoms with Gasteiger partial charge in [-0.15, -0.1) is 0 Å². The molecular formula is C21H26F3N5O5. The van der Waals surface area contributed by atoms with E-state index in [1.807, 2.05) is 0 Å². The predicted molar refractivity (Wildman–Crippen MR) is 114 cm³/mol. The zero-order valence-electron chi connectivity index (χ0n) is 19.0. The SMILES string of the molecule is CC(C)(C)OC(=O)N1CCC(c2cc(=O)[nH]c3c(C(=O)NCC(=O)CC(F)(F)F)cnn23)CC1. The van der Waals surface area contributed by atoms with Crippen LogP contribution in [0.5, 0.6) is 0 Å². The fourth-order valence-electron chi connectivity index (χ4n) is 3.71. The zero-order valence-corrected chi connectivity index (χ0v) is 19.0. The van der Waals surface area contributed by atoms with Gasteiger partial charge in [-0.2, -0.15) is 18.3 Å². The molecule has 0 unspecified atom stereocenters. The second-order valence-corrected chi connectivity index (χ2v) is 9.13. The number of H-pyrrole nitrogens is 1. The number of piperidine rings is 1. The zero-order chi connectivity index (χ0) is 25.3. The van der Waals surface area contributed by atoms with Gasteiger partial charge in [0.05, 0.1) is 18.4 Å². The van der Waals surface area contributed by atoms with Crippen LogP contribution < -0.4 is 10.9 Å². The smallest absolute Gasteiger partial charge is 0.410 e. The minimum atomic E-state index is -4.66. The molecule has 0 aliphatic carbocycles. The summed E-state index contributed by atoms with van der Waals surface area (Å²) in [7, 11) is 0. The first-order valence-electron chi connectivity index (χ1n) is 10.7. The first-order valence-corrected chi connectivity index (χ1v) is 10.7. The molecule has 186 valence electrons. The molecule has 1 saturated heterocycles.